The minimum Gasteiger partial charge on any atom is -0.504 e. The smallest absolute Gasteiger partial charge is 0.161 e. The van der Waals surface area contributed by atoms with E-state index in [4.69, 9.17) is 0 Å². The average molecular weight is 211 g/mol. The number of rotatable bonds is 2. The first-order valence-electron chi connectivity index (χ1n) is 4.81. The van der Waals surface area contributed by atoms with E-state index in [9.17, 15) is 10.2 Å². The molecule has 0 amide bonds. The van der Waals surface area contributed by atoms with E-state index < -0.39 is 0 Å². The number of aromatic hydroxyl groups is 2. The molecule has 2 aromatic rings. The lowest BCUT2D eigenvalue weighted by molar-refractivity contribution is 0.400. The fourth-order valence-corrected chi connectivity index (χ4v) is 1.54. The molecule has 0 aliphatic rings. The summed E-state index contributed by atoms with van der Waals surface area (Å²) < 4.78 is 0. The van der Waals surface area contributed by atoms with Crippen molar-refractivity contribution in [1.82, 2.24) is 0 Å². The van der Waals surface area contributed by atoms with E-state index in [2.05, 4.69) is 0 Å². The monoisotopic (exact) mass is 211 g/mol. The van der Waals surface area contributed by atoms with Crippen molar-refractivity contribution in [3.8, 4) is 11.5 Å². The summed E-state index contributed by atoms with van der Waals surface area (Å²) in [6.07, 6.45) is 0.626. The van der Waals surface area contributed by atoms with Crippen LogP contribution in [0.5, 0.6) is 11.5 Å². The lowest BCUT2D eigenvalue weighted by atomic mass is 10.0. The normalized spacial score (nSPS) is 9.50. The Morgan fingerprint density at radius 2 is 1.50 bits per heavy atom. The van der Waals surface area contributed by atoms with Crippen molar-refractivity contribution in [2.45, 2.75) is 6.42 Å². The van der Waals surface area contributed by atoms with E-state index in [-0.39, 0.29) is 19.9 Å². The standard InChI is InChI=1S/C13H12O2.B/c14-12-8-4-7-11(13(12)15)9-10-5-2-1-3-6-10;/h1-8,14-15H,9H2;. The molecule has 3 radical (unpaired) electrons. The highest BCUT2D eigenvalue weighted by atomic mass is 16.3. The molecule has 0 heterocycles. The highest BCUT2D eigenvalue weighted by molar-refractivity contribution is 5.75. The van der Waals surface area contributed by atoms with Gasteiger partial charge in [0.25, 0.3) is 0 Å². The molecule has 0 bridgehead atoms. The van der Waals surface area contributed by atoms with Crippen molar-refractivity contribution < 1.29 is 10.2 Å². The zero-order valence-electron chi connectivity index (χ0n) is 8.80. The van der Waals surface area contributed by atoms with Crippen molar-refractivity contribution in [2.75, 3.05) is 0 Å². The molecule has 0 aliphatic heterocycles. The number of hydrogen-bond acceptors (Lipinski definition) is 2. The topological polar surface area (TPSA) is 40.5 Å². The number of phenols is 2. The predicted octanol–water partition coefficient (Wildman–Crippen LogP) is 2.31. The van der Waals surface area contributed by atoms with Crippen LogP contribution in [-0.2, 0) is 6.42 Å². The van der Waals surface area contributed by atoms with E-state index in [1.807, 2.05) is 36.4 Å². The third kappa shape index (κ3) is 2.57. The van der Waals surface area contributed by atoms with E-state index in [0.29, 0.717) is 6.42 Å². The quantitative estimate of drug-likeness (QED) is 0.591. The molecule has 0 unspecified atom stereocenters. The molecule has 0 atom stereocenters. The van der Waals surface area contributed by atoms with Gasteiger partial charge in [0.05, 0.1) is 0 Å². The van der Waals surface area contributed by atoms with E-state index in [1.54, 1.807) is 6.07 Å². The highest BCUT2D eigenvalue weighted by Gasteiger charge is 2.05. The maximum atomic E-state index is 9.61. The molecule has 0 aromatic heterocycles. The zero-order valence-corrected chi connectivity index (χ0v) is 8.80. The second kappa shape index (κ2) is 5.26. The summed E-state index contributed by atoms with van der Waals surface area (Å²) in [5.74, 6) is -0.0928. The first-order chi connectivity index (χ1) is 7.27. The first-order valence-corrected chi connectivity index (χ1v) is 4.81. The Morgan fingerprint density at radius 3 is 2.19 bits per heavy atom. The zero-order chi connectivity index (χ0) is 10.7. The Morgan fingerprint density at radius 1 is 0.812 bits per heavy atom. The Labute approximate surface area is 96.8 Å². The summed E-state index contributed by atoms with van der Waals surface area (Å²) in [6.45, 7) is 0. The van der Waals surface area contributed by atoms with Gasteiger partial charge in [-0.3, -0.25) is 0 Å². The minimum atomic E-state index is -0.0663. The Bertz CT molecular complexity index is 455. The van der Waals surface area contributed by atoms with Gasteiger partial charge >= 0.3 is 0 Å². The second-order valence-corrected chi connectivity index (χ2v) is 3.45. The molecule has 0 saturated carbocycles. The van der Waals surface area contributed by atoms with Gasteiger partial charge in [-0.2, -0.15) is 0 Å². The highest BCUT2D eigenvalue weighted by Crippen LogP contribution is 2.29. The summed E-state index contributed by atoms with van der Waals surface area (Å²) in [4.78, 5) is 0. The Balaban J connectivity index is 0.00000128. The van der Waals surface area contributed by atoms with Crippen molar-refractivity contribution in [2.24, 2.45) is 0 Å². The molecule has 16 heavy (non-hydrogen) atoms. The number of benzene rings is 2. The van der Waals surface area contributed by atoms with Crippen molar-refractivity contribution in [3.05, 3.63) is 59.7 Å². The Hall–Kier alpha value is -1.90. The fourth-order valence-electron chi connectivity index (χ4n) is 1.54. The molecule has 3 heteroatoms. The van der Waals surface area contributed by atoms with E-state index in [0.717, 1.165) is 11.1 Å². The molecule has 0 spiro atoms. The van der Waals surface area contributed by atoms with Gasteiger partial charge in [0.2, 0.25) is 0 Å². The van der Waals surface area contributed by atoms with Gasteiger partial charge in [-0.25, -0.2) is 0 Å². The van der Waals surface area contributed by atoms with Crippen LogP contribution in [0, 0.1) is 0 Å². The maximum absolute atomic E-state index is 9.61. The summed E-state index contributed by atoms with van der Waals surface area (Å²) in [5.41, 5.74) is 1.85. The molecule has 2 rings (SSSR count). The number of hydrogen-bond donors (Lipinski definition) is 2. The summed E-state index contributed by atoms with van der Waals surface area (Å²) in [6, 6.07) is 14.8. The van der Waals surface area contributed by atoms with Gasteiger partial charge in [-0.15, -0.1) is 0 Å². The van der Waals surface area contributed by atoms with Crippen LogP contribution in [0.1, 0.15) is 11.1 Å². The molecule has 0 fully saturated rings. The third-order valence-electron chi connectivity index (χ3n) is 2.34. The van der Waals surface area contributed by atoms with Crippen LogP contribution < -0.4 is 0 Å². The fraction of sp³-hybridized carbons (Fsp3) is 0.0769. The molecule has 2 nitrogen and oxygen atoms in total. The van der Waals surface area contributed by atoms with Crippen LogP contribution >= 0.6 is 0 Å². The van der Waals surface area contributed by atoms with Gasteiger partial charge < -0.3 is 10.2 Å². The lowest BCUT2D eigenvalue weighted by Crippen LogP contribution is -1.88. The molecule has 0 aliphatic carbocycles. The number of phenolic OH excluding ortho intramolecular Hbond substituents is 2. The van der Waals surface area contributed by atoms with Crippen LogP contribution in [0.25, 0.3) is 0 Å². The molecule has 2 aromatic carbocycles. The summed E-state index contributed by atoms with van der Waals surface area (Å²) in [7, 11) is 0. The molecular formula is C13H12BO2. The van der Waals surface area contributed by atoms with Gasteiger partial charge in [-0.05, 0) is 11.6 Å². The summed E-state index contributed by atoms with van der Waals surface area (Å²) in [5, 5.41) is 18.9. The minimum absolute atomic E-state index is 0. The van der Waals surface area contributed by atoms with Gasteiger partial charge in [0, 0.05) is 20.4 Å². The van der Waals surface area contributed by atoms with Crippen LogP contribution in [0.4, 0.5) is 0 Å². The molecule has 2 N–H and O–H groups in total. The van der Waals surface area contributed by atoms with Crippen molar-refractivity contribution in [1.29, 1.82) is 0 Å². The lowest BCUT2D eigenvalue weighted by Gasteiger charge is -2.05. The van der Waals surface area contributed by atoms with E-state index >= 15 is 0 Å². The third-order valence-corrected chi connectivity index (χ3v) is 2.34. The van der Waals surface area contributed by atoms with Crippen molar-refractivity contribution >= 4 is 8.41 Å². The molecular weight excluding hydrogens is 199 g/mol. The number of para-hydroxylation sites is 1. The van der Waals surface area contributed by atoms with Crippen LogP contribution in [0.15, 0.2) is 48.5 Å². The van der Waals surface area contributed by atoms with Gasteiger partial charge in [-0.1, -0.05) is 42.5 Å². The predicted molar refractivity (Wildman–Crippen MR) is 64.8 cm³/mol. The average Bonchev–Trinajstić information content (AvgIpc) is 2.26. The van der Waals surface area contributed by atoms with Gasteiger partial charge in [0.15, 0.2) is 11.5 Å². The van der Waals surface area contributed by atoms with Crippen LogP contribution in [0.2, 0.25) is 0 Å². The summed E-state index contributed by atoms with van der Waals surface area (Å²) >= 11 is 0. The molecule has 79 valence electrons. The van der Waals surface area contributed by atoms with Crippen LogP contribution in [-0.4, -0.2) is 18.6 Å². The van der Waals surface area contributed by atoms with Crippen molar-refractivity contribution in [3.63, 3.8) is 0 Å². The first kappa shape index (κ1) is 12.2. The SMILES string of the molecule is Oc1cccc(Cc2ccccc2)c1O.[B]. The van der Waals surface area contributed by atoms with Crippen LogP contribution in [0.3, 0.4) is 0 Å². The largest absolute Gasteiger partial charge is 0.504 e. The van der Waals surface area contributed by atoms with Gasteiger partial charge in [0.1, 0.15) is 0 Å². The van der Waals surface area contributed by atoms with E-state index in [1.165, 1.54) is 6.07 Å². The second-order valence-electron chi connectivity index (χ2n) is 3.45. The molecule has 0 saturated heterocycles. The Kier molecular flexibility index (Phi) is 4.00. The maximum Gasteiger partial charge on any atom is 0.161 e.